The summed E-state index contributed by atoms with van der Waals surface area (Å²) in [5.41, 5.74) is 3.27. The standard InChI is InChI=1S/C27H27NO6/c1-17-24(27(31)33-16-15-32-20-7-4-3-5-8-20)25(26-22(28-17)9-6-10-23(26)30)19-11-13-21(14-12-19)34-18(2)29/h3-5,7-8,11-14,25,28H,6,9-10,15-16H2,1-2H3/t25-/m1/s1. The van der Waals surface area contributed by atoms with Crippen LogP contribution in [0.25, 0.3) is 0 Å². The average molecular weight is 462 g/mol. The topological polar surface area (TPSA) is 90.9 Å². The lowest BCUT2D eigenvalue weighted by Gasteiger charge is -2.34. The van der Waals surface area contributed by atoms with Gasteiger partial charge in [-0.25, -0.2) is 4.79 Å². The Morgan fingerprint density at radius 2 is 1.71 bits per heavy atom. The summed E-state index contributed by atoms with van der Waals surface area (Å²) in [6.07, 6.45) is 1.95. The predicted molar refractivity (Wildman–Crippen MR) is 125 cm³/mol. The molecule has 1 atom stereocenters. The van der Waals surface area contributed by atoms with Crippen LogP contribution in [-0.2, 0) is 19.1 Å². The highest BCUT2D eigenvalue weighted by Gasteiger charge is 2.39. The quantitative estimate of drug-likeness (QED) is 0.375. The molecule has 7 heteroatoms. The molecule has 1 heterocycles. The summed E-state index contributed by atoms with van der Waals surface area (Å²) in [7, 11) is 0. The maximum atomic E-state index is 13.2. The van der Waals surface area contributed by atoms with Crippen molar-refractivity contribution in [2.24, 2.45) is 0 Å². The number of hydrogen-bond acceptors (Lipinski definition) is 7. The Bertz CT molecular complexity index is 1150. The first kappa shape index (κ1) is 23.3. The van der Waals surface area contributed by atoms with E-state index in [1.54, 1.807) is 24.3 Å². The van der Waals surface area contributed by atoms with Crippen molar-refractivity contribution < 1.29 is 28.6 Å². The second kappa shape index (κ2) is 10.4. The van der Waals surface area contributed by atoms with Gasteiger partial charge in [0.2, 0.25) is 0 Å². The lowest BCUT2D eigenvalue weighted by atomic mass is 9.75. The Kier molecular flexibility index (Phi) is 7.11. The maximum absolute atomic E-state index is 13.2. The minimum absolute atomic E-state index is 0.0213. The number of ketones is 1. The molecule has 0 bridgehead atoms. The maximum Gasteiger partial charge on any atom is 0.336 e. The number of ether oxygens (including phenoxy) is 3. The van der Waals surface area contributed by atoms with E-state index >= 15 is 0 Å². The minimum Gasteiger partial charge on any atom is -0.490 e. The first-order valence-electron chi connectivity index (χ1n) is 11.3. The largest absolute Gasteiger partial charge is 0.490 e. The summed E-state index contributed by atoms with van der Waals surface area (Å²) in [6, 6.07) is 16.2. The summed E-state index contributed by atoms with van der Waals surface area (Å²) >= 11 is 0. The molecule has 1 N–H and O–H groups in total. The van der Waals surface area contributed by atoms with E-state index < -0.39 is 17.9 Å². The number of hydrogen-bond donors (Lipinski definition) is 1. The molecule has 1 aliphatic heterocycles. The van der Waals surface area contributed by atoms with Gasteiger partial charge in [0.1, 0.15) is 24.7 Å². The number of allylic oxidation sites excluding steroid dienone is 3. The summed E-state index contributed by atoms with van der Waals surface area (Å²) in [4.78, 5) is 37.4. The molecule has 4 rings (SSSR count). The minimum atomic E-state index is -0.557. The van der Waals surface area contributed by atoms with Gasteiger partial charge in [-0.1, -0.05) is 30.3 Å². The fourth-order valence-electron chi connectivity index (χ4n) is 4.37. The van der Waals surface area contributed by atoms with Crippen LogP contribution in [-0.4, -0.2) is 30.9 Å². The summed E-state index contributed by atoms with van der Waals surface area (Å²) in [5.74, 6) is -0.356. The molecule has 2 aromatic rings. The van der Waals surface area contributed by atoms with E-state index in [4.69, 9.17) is 14.2 Å². The van der Waals surface area contributed by atoms with Crippen molar-refractivity contribution in [1.29, 1.82) is 0 Å². The Morgan fingerprint density at radius 1 is 0.971 bits per heavy atom. The van der Waals surface area contributed by atoms with Gasteiger partial charge >= 0.3 is 11.9 Å². The SMILES string of the molecule is CC(=O)Oc1ccc([C@@H]2C(C(=O)OCCOc3ccccc3)=C(C)NC3=C2C(=O)CCC3)cc1. The van der Waals surface area contributed by atoms with Gasteiger partial charge < -0.3 is 19.5 Å². The number of para-hydroxylation sites is 1. The number of rotatable bonds is 7. The van der Waals surface area contributed by atoms with Gasteiger partial charge in [0.25, 0.3) is 0 Å². The van der Waals surface area contributed by atoms with Gasteiger partial charge in [0, 0.05) is 36.2 Å². The number of carbonyl (C=O) groups is 3. The van der Waals surface area contributed by atoms with Crippen molar-refractivity contribution >= 4 is 17.7 Å². The molecule has 0 unspecified atom stereocenters. The number of carbonyl (C=O) groups excluding carboxylic acids is 3. The van der Waals surface area contributed by atoms with Gasteiger partial charge in [-0.2, -0.15) is 0 Å². The molecule has 0 aromatic heterocycles. The third-order valence-electron chi connectivity index (χ3n) is 5.80. The van der Waals surface area contributed by atoms with Crippen LogP contribution in [0.15, 0.2) is 77.1 Å². The van der Waals surface area contributed by atoms with Crippen LogP contribution in [0.4, 0.5) is 0 Å². The van der Waals surface area contributed by atoms with E-state index in [0.717, 1.165) is 24.1 Å². The van der Waals surface area contributed by atoms with Gasteiger partial charge in [0.15, 0.2) is 5.78 Å². The summed E-state index contributed by atoms with van der Waals surface area (Å²) in [6.45, 7) is 3.44. The number of dihydropyridines is 1. The Labute approximate surface area is 198 Å². The van der Waals surface area contributed by atoms with Crippen molar-refractivity contribution in [2.75, 3.05) is 13.2 Å². The molecule has 0 fully saturated rings. The van der Waals surface area contributed by atoms with Crippen LogP contribution in [0, 0.1) is 0 Å². The van der Waals surface area contributed by atoms with Crippen LogP contribution in [0.1, 0.15) is 44.6 Å². The molecule has 2 aliphatic rings. The summed E-state index contributed by atoms with van der Waals surface area (Å²) < 4.78 is 16.3. The van der Waals surface area contributed by atoms with E-state index in [2.05, 4.69) is 5.32 Å². The molecule has 1 aliphatic carbocycles. The molecule has 34 heavy (non-hydrogen) atoms. The van der Waals surface area contributed by atoms with Gasteiger partial charge in [0.05, 0.1) is 5.57 Å². The second-order valence-corrected chi connectivity index (χ2v) is 8.23. The second-order valence-electron chi connectivity index (χ2n) is 8.23. The van der Waals surface area contributed by atoms with Crippen LogP contribution in [0.2, 0.25) is 0 Å². The number of Topliss-reactive ketones (excluding diaryl/α,β-unsaturated/α-hetero) is 1. The van der Waals surface area contributed by atoms with Crippen molar-refractivity contribution in [3.05, 3.63) is 82.7 Å². The monoisotopic (exact) mass is 461 g/mol. The molecule has 2 aromatic carbocycles. The van der Waals surface area contributed by atoms with E-state index in [-0.39, 0.29) is 19.0 Å². The van der Waals surface area contributed by atoms with E-state index in [1.165, 1.54) is 6.92 Å². The Morgan fingerprint density at radius 3 is 2.41 bits per heavy atom. The van der Waals surface area contributed by atoms with Gasteiger partial charge in [-0.3, -0.25) is 9.59 Å². The Hall–Kier alpha value is -3.87. The average Bonchev–Trinajstić information content (AvgIpc) is 2.82. The molecule has 7 nitrogen and oxygen atoms in total. The van der Waals surface area contributed by atoms with Crippen molar-refractivity contribution in [3.63, 3.8) is 0 Å². The molecule has 0 amide bonds. The van der Waals surface area contributed by atoms with Crippen LogP contribution >= 0.6 is 0 Å². The summed E-state index contributed by atoms with van der Waals surface area (Å²) in [5, 5.41) is 3.27. The van der Waals surface area contributed by atoms with Crippen molar-refractivity contribution in [3.8, 4) is 11.5 Å². The third kappa shape index (κ3) is 5.20. The van der Waals surface area contributed by atoms with Gasteiger partial charge in [-0.05, 0) is 49.6 Å². The number of nitrogens with one attached hydrogen (secondary N) is 1. The highest BCUT2D eigenvalue weighted by atomic mass is 16.6. The smallest absolute Gasteiger partial charge is 0.336 e. The zero-order valence-electron chi connectivity index (χ0n) is 19.3. The zero-order valence-corrected chi connectivity index (χ0v) is 19.3. The van der Waals surface area contributed by atoms with E-state index in [1.807, 2.05) is 37.3 Å². The van der Waals surface area contributed by atoms with Crippen LogP contribution in [0.5, 0.6) is 11.5 Å². The fraction of sp³-hybridized carbons (Fsp3) is 0.296. The van der Waals surface area contributed by atoms with Crippen molar-refractivity contribution in [1.82, 2.24) is 5.32 Å². The van der Waals surface area contributed by atoms with Crippen LogP contribution in [0.3, 0.4) is 0 Å². The normalized spacial score (nSPS) is 17.6. The predicted octanol–water partition coefficient (Wildman–Crippen LogP) is 4.20. The molecular weight excluding hydrogens is 434 g/mol. The molecule has 0 spiro atoms. The highest BCUT2D eigenvalue weighted by molar-refractivity contribution is 6.03. The van der Waals surface area contributed by atoms with Crippen LogP contribution < -0.4 is 14.8 Å². The first-order chi connectivity index (χ1) is 16.4. The lowest BCUT2D eigenvalue weighted by molar-refractivity contribution is -0.140. The molecule has 0 radical (unpaired) electrons. The first-order valence-corrected chi connectivity index (χ1v) is 11.3. The molecule has 176 valence electrons. The number of esters is 2. The van der Waals surface area contributed by atoms with E-state index in [0.29, 0.717) is 34.8 Å². The highest BCUT2D eigenvalue weighted by Crippen LogP contribution is 2.42. The lowest BCUT2D eigenvalue weighted by Crippen LogP contribution is -2.34. The fourth-order valence-corrected chi connectivity index (χ4v) is 4.37. The van der Waals surface area contributed by atoms with Gasteiger partial charge in [-0.15, -0.1) is 0 Å². The van der Waals surface area contributed by atoms with Crippen molar-refractivity contribution in [2.45, 2.75) is 39.0 Å². The molecule has 0 saturated carbocycles. The molecular formula is C27H27NO6. The number of benzene rings is 2. The third-order valence-corrected chi connectivity index (χ3v) is 5.80. The molecule has 0 saturated heterocycles. The Balaban J connectivity index is 1.56. The zero-order chi connectivity index (χ0) is 24.1. The van der Waals surface area contributed by atoms with E-state index in [9.17, 15) is 14.4 Å².